The van der Waals surface area contributed by atoms with Gasteiger partial charge in [0.1, 0.15) is 0 Å². The van der Waals surface area contributed by atoms with Gasteiger partial charge in [-0.3, -0.25) is 4.79 Å². The van der Waals surface area contributed by atoms with Crippen molar-refractivity contribution in [3.8, 4) is 0 Å². The summed E-state index contributed by atoms with van der Waals surface area (Å²) < 4.78 is 0. The van der Waals surface area contributed by atoms with Crippen LogP contribution >= 0.6 is 0 Å². The second-order valence-electron chi connectivity index (χ2n) is 7.77. The lowest BCUT2D eigenvalue weighted by Crippen LogP contribution is -2.43. The van der Waals surface area contributed by atoms with Gasteiger partial charge in [-0.05, 0) is 60.9 Å². The maximum atomic E-state index is 12.8. The van der Waals surface area contributed by atoms with Crippen molar-refractivity contribution in [2.45, 2.75) is 38.0 Å². The molecule has 0 radical (unpaired) electrons. The minimum absolute atomic E-state index is 0.0188. The normalized spacial score (nSPS) is 22.1. The second kappa shape index (κ2) is 8.43. The molecule has 1 aliphatic rings. The Bertz CT molecular complexity index is 789. The summed E-state index contributed by atoms with van der Waals surface area (Å²) in [4.78, 5) is 12.8. The first-order valence-electron chi connectivity index (χ1n) is 9.86. The highest BCUT2D eigenvalue weighted by Crippen LogP contribution is 2.41. The molecule has 0 aliphatic heterocycles. The Morgan fingerprint density at radius 3 is 2.52 bits per heavy atom. The molecule has 0 atom stereocenters. The highest BCUT2D eigenvalue weighted by Gasteiger charge is 2.36. The van der Waals surface area contributed by atoms with Gasteiger partial charge in [0.2, 0.25) is 0 Å². The molecular formula is C24H30N2O. The van der Waals surface area contributed by atoms with Crippen molar-refractivity contribution in [1.29, 1.82) is 0 Å². The quantitative estimate of drug-likeness (QED) is 0.737. The van der Waals surface area contributed by atoms with Crippen molar-refractivity contribution in [3.63, 3.8) is 0 Å². The summed E-state index contributed by atoms with van der Waals surface area (Å²) in [7, 11) is 1.87. The summed E-state index contributed by atoms with van der Waals surface area (Å²) in [5.74, 6) is 0.747. The number of hydrogen-bond donors (Lipinski definition) is 2. The van der Waals surface area contributed by atoms with E-state index < -0.39 is 0 Å². The van der Waals surface area contributed by atoms with E-state index in [1.165, 1.54) is 18.4 Å². The summed E-state index contributed by atoms with van der Waals surface area (Å²) in [6.45, 7) is 6.85. The van der Waals surface area contributed by atoms with Crippen LogP contribution in [0.2, 0.25) is 0 Å². The third-order valence-corrected chi connectivity index (χ3v) is 6.01. The molecule has 1 saturated carbocycles. The highest BCUT2D eigenvalue weighted by atomic mass is 16.1. The minimum atomic E-state index is -0.0188. The molecule has 27 heavy (non-hydrogen) atoms. The topological polar surface area (TPSA) is 41.1 Å². The summed E-state index contributed by atoms with van der Waals surface area (Å²) in [5, 5.41) is 6.34. The summed E-state index contributed by atoms with van der Waals surface area (Å²) in [6, 6.07) is 16.4. The van der Waals surface area contributed by atoms with Crippen LogP contribution in [0, 0.1) is 5.92 Å². The Morgan fingerprint density at radius 1 is 1.19 bits per heavy atom. The van der Waals surface area contributed by atoms with Crippen molar-refractivity contribution >= 4 is 17.7 Å². The number of carbonyl (C=O) groups excluding carboxylic acids is 1. The van der Waals surface area contributed by atoms with Gasteiger partial charge in [-0.25, -0.2) is 0 Å². The predicted octanol–water partition coefficient (Wildman–Crippen LogP) is 5.25. The molecule has 2 aromatic carbocycles. The highest BCUT2D eigenvalue weighted by molar-refractivity contribution is 5.95. The van der Waals surface area contributed by atoms with Gasteiger partial charge in [-0.15, -0.1) is 0 Å². The smallest absolute Gasteiger partial charge is 0.251 e. The Morgan fingerprint density at radius 2 is 1.89 bits per heavy atom. The van der Waals surface area contributed by atoms with E-state index in [1.54, 1.807) is 6.08 Å². The molecule has 3 heteroatoms. The maximum Gasteiger partial charge on any atom is 0.251 e. The van der Waals surface area contributed by atoms with Crippen LogP contribution in [0.4, 0.5) is 5.69 Å². The average molecular weight is 363 g/mol. The van der Waals surface area contributed by atoms with Crippen LogP contribution in [-0.4, -0.2) is 19.5 Å². The van der Waals surface area contributed by atoms with E-state index in [2.05, 4.69) is 54.5 Å². The van der Waals surface area contributed by atoms with Crippen molar-refractivity contribution in [2.75, 3.05) is 18.9 Å². The van der Waals surface area contributed by atoms with Gasteiger partial charge in [0.05, 0.1) is 0 Å². The van der Waals surface area contributed by atoms with Crippen molar-refractivity contribution in [1.82, 2.24) is 5.32 Å². The van der Waals surface area contributed by atoms with Gasteiger partial charge >= 0.3 is 0 Å². The van der Waals surface area contributed by atoms with E-state index >= 15 is 0 Å². The molecule has 3 nitrogen and oxygen atoms in total. The van der Waals surface area contributed by atoms with E-state index in [4.69, 9.17) is 0 Å². The standard InChI is InChI=1S/C24H30N2O/c1-4-19-16-20(10-11-22(19)25-3)23(27)26-17-24(14-12-18(2)13-15-24)21-8-6-5-7-9-21/h4-11,16,18,25H,1,12-15,17H2,2-3H3,(H,26,27). The van der Waals surface area contributed by atoms with Crippen LogP contribution in [0.5, 0.6) is 0 Å². The summed E-state index contributed by atoms with van der Waals surface area (Å²) in [6.07, 6.45) is 6.44. The number of rotatable bonds is 6. The largest absolute Gasteiger partial charge is 0.388 e. The molecule has 1 amide bonds. The molecule has 1 aliphatic carbocycles. The van der Waals surface area contributed by atoms with Crippen LogP contribution in [0.25, 0.3) is 6.08 Å². The fraction of sp³-hybridized carbons (Fsp3) is 0.375. The van der Waals surface area contributed by atoms with Crippen molar-refractivity contribution < 1.29 is 4.79 Å². The first kappa shape index (κ1) is 19.2. The molecule has 0 aromatic heterocycles. The number of carbonyl (C=O) groups is 1. The molecule has 1 fully saturated rings. The van der Waals surface area contributed by atoms with E-state index in [0.29, 0.717) is 12.1 Å². The van der Waals surface area contributed by atoms with E-state index in [0.717, 1.165) is 30.0 Å². The van der Waals surface area contributed by atoms with Crippen molar-refractivity contribution in [2.24, 2.45) is 5.92 Å². The van der Waals surface area contributed by atoms with Gasteiger partial charge in [-0.1, -0.05) is 49.9 Å². The van der Waals surface area contributed by atoms with Crippen molar-refractivity contribution in [3.05, 3.63) is 71.8 Å². The molecule has 0 saturated heterocycles. The van der Waals surface area contributed by atoms with Gasteiger partial charge < -0.3 is 10.6 Å². The first-order valence-corrected chi connectivity index (χ1v) is 9.86. The molecule has 0 bridgehead atoms. The molecule has 3 rings (SSSR count). The third kappa shape index (κ3) is 4.24. The number of benzene rings is 2. The van der Waals surface area contributed by atoms with Crippen LogP contribution in [-0.2, 0) is 5.41 Å². The predicted molar refractivity (Wildman–Crippen MR) is 114 cm³/mol. The SMILES string of the molecule is C=Cc1cc(C(=O)NCC2(c3ccccc3)CCC(C)CC2)ccc1NC. The van der Waals surface area contributed by atoms with Crippen LogP contribution in [0.1, 0.15) is 54.1 Å². The fourth-order valence-electron chi connectivity index (χ4n) is 4.13. The summed E-state index contributed by atoms with van der Waals surface area (Å²) in [5.41, 5.74) is 3.97. The Hall–Kier alpha value is -2.55. The fourth-order valence-corrected chi connectivity index (χ4v) is 4.13. The van der Waals surface area contributed by atoms with Crippen LogP contribution in [0.3, 0.4) is 0 Å². The van der Waals surface area contributed by atoms with Crippen LogP contribution < -0.4 is 10.6 Å². The first-order chi connectivity index (χ1) is 13.1. The molecule has 2 aromatic rings. The van der Waals surface area contributed by atoms with E-state index in [9.17, 15) is 4.79 Å². The van der Waals surface area contributed by atoms with Gasteiger partial charge in [-0.2, -0.15) is 0 Å². The summed E-state index contributed by atoms with van der Waals surface area (Å²) >= 11 is 0. The lowest BCUT2D eigenvalue weighted by atomic mass is 9.67. The zero-order valence-electron chi connectivity index (χ0n) is 16.4. The third-order valence-electron chi connectivity index (χ3n) is 6.01. The van der Waals surface area contributed by atoms with E-state index in [1.807, 2.05) is 25.2 Å². The maximum absolute atomic E-state index is 12.8. The molecule has 0 heterocycles. The zero-order chi connectivity index (χ0) is 19.3. The molecule has 142 valence electrons. The number of nitrogens with one attached hydrogen (secondary N) is 2. The average Bonchev–Trinajstić information content (AvgIpc) is 2.73. The molecule has 2 N–H and O–H groups in total. The number of hydrogen-bond acceptors (Lipinski definition) is 2. The molecule has 0 spiro atoms. The van der Waals surface area contributed by atoms with E-state index in [-0.39, 0.29) is 11.3 Å². The van der Waals surface area contributed by atoms with Gasteiger partial charge in [0.25, 0.3) is 5.91 Å². The second-order valence-corrected chi connectivity index (χ2v) is 7.77. The lowest BCUT2D eigenvalue weighted by molar-refractivity contribution is 0.0933. The lowest BCUT2D eigenvalue weighted by Gasteiger charge is -2.40. The minimum Gasteiger partial charge on any atom is -0.388 e. The van der Waals surface area contributed by atoms with Crippen LogP contribution in [0.15, 0.2) is 55.1 Å². The molecule has 0 unspecified atom stereocenters. The Labute approximate surface area is 162 Å². The van der Waals surface area contributed by atoms with Gasteiger partial charge in [0.15, 0.2) is 0 Å². The number of amides is 1. The monoisotopic (exact) mass is 362 g/mol. The van der Waals surface area contributed by atoms with Gasteiger partial charge in [0, 0.05) is 30.3 Å². The number of anilines is 1. The zero-order valence-corrected chi connectivity index (χ0v) is 16.4. The Kier molecular flexibility index (Phi) is 6.00. The molecular weight excluding hydrogens is 332 g/mol. The Balaban J connectivity index is 1.78.